The van der Waals surface area contributed by atoms with Crippen LogP contribution in [0.1, 0.15) is 21.9 Å². The van der Waals surface area contributed by atoms with Crippen molar-refractivity contribution in [1.82, 2.24) is 5.32 Å². The molecule has 1 aliphatic rings. The minimum absolute atomic E-state index is 0.00849. The van der Waals surface area contributed by atoms with Gasteiger partial charge in [-0.05, 0) is 39.2 Å². The monoisotopic (exact) mass is 335 g/mol. The summed E-state index contributed by atoms with van der Waals surface area (Å²) in [4.78, 5) is 13.6. The molecule has 0 aliphatic carbocycles. The van der Waals surface area contributed by atoms with Crippen LogP contribution in [0.4, 0.5) is 0 Å². The summed E-state index contributed by atoms with van der Waals surface area (Å²) >= 11 is 5.08. The molecule has 2 heterocycles. The first-order chi connectivity index (χ1) is 9.24. The predicted molar refractivity (Wildman–Crippen MR) is 81.6 cm³/mol. The van der Waals surface area contributed by atoms with Crippen molar-refractivity contribution in [2.24, 2.45) is 0 Å². The number of Topliss-reactive ketones (excluding diaryl/α,β-unsaturated/α-hetero) is 1. The Balaban J connectivity index is 1.81. The molecule has 2 nitrogen and oxygen atoms in total. The third-order valence-electron chi connectivity index (χ3n) is 3.46. The third kappa shape index (κ3) is 2.81. The van der Waals surface area contributed by atoms with E-state index in [4.69, 9.17) is 0 Å². The Hall–Kier alpha value is -0.970. The normalized spacial score (nSPS) is 18.1. The van der Waals surface area contributed by atoms with Gasteiger partial charge in [0.15, 0.2) is 0 Å². The molecule has 1 aliphatic heterocycles. The quantitative estimate of drug-likeness (QED) is 0.929. The largest absolute Gasteiger partial charge is 0.312 e. The standard InChI is InChI=1S/C15H14BrNOS/c16-15-6-5-11(19-15)7-14(18)13-9-17-8-10-3-1-2-4-12(10)13/h1-6,13,17H,7-9H2. The van der Waals surface area contributed by atoms with E-state index in [1.807, 2.05) is 24.3 Å². The molecule has 0 saturated heterocycles. The van der Waals surface area contributed by atoms with Crippen LogP contribution >= 0.6 is 27.3 Å². The number of halogens is 1. The fourth-order valence-corrected chi connectivity index (χ4v) is 4.02. The van der Waals surface area contributed by atoms with E-state index < -0.39 is 0 Å². The minimum atomic E-state index is -0.00849. The van der Waals surface area contributed by atoms with Gasteiger partial charge in [-0.25, -0.2) is 0 Å². The van der Waals surface area contributed by atoms with Crippen molar-refractivity contribution in [2.75, 3.05) is 6.54 Å². The molecule has 1 N–H and O–H groups in total. The van der Waals surface area contributed by atoms with Gasteiger partial charge in [-0.2, -0.15) is 0 Å². The number of ketones is 1. The lowest BCUT2D eigenvalue weighted by Crippen LogP contribution is -2.33. The van der Waals surface area contributed by atoms with Crippen LogP contribution in [-0.2, 0) is 17.8 Å². The van der Waals surface area contributed by atoms with Crippen LogP contribution in [-0.4, -0.2) is 12.3 Å². The second-order valence-electron chi connectivity index (χ2n) is 4.73. The van der Waals surface area contributed by atoms with Gasteiger partial charge >= 0.3 is 0 Å². The molecule has 3 rings (SSSR count). The number of hydrogen-bond donors (Lipinski definition) is 1. The molecule has 0 bridgehead atoms. The Kier molecular flexibility index (Phi) is 3.82. The maximum Gasteiger partial charge on any atom is 0.146 e. The van der Waals surface area contributed by atoms with Gasteiger partial charge in [0.1, 0.15) is 5.78 Å². The average molecular weight is 336 g/mol. The zero-order chi connectivity index (χ0) is 13.2. The summed E-state index contributed by atoms with van der Waals surface area (Å²) in [6.07, 6.45) is 0.525. The lowest BCUT2D eigenvalue weighted by atomic mass is 9.86. The Morgan fingerprint density at radius 1 is 1.32 bits per heavy atom. The SMILES string of the molecule is O=C(Cc1ccc(Br)s1)C1CNCc2ccccc21. The summed E-state index contributed by atoms with van der Waals surface area (Å²) in [5.74, 6) is 0.292. The summed E-state index contributed by atoms with van der Waals surface area (Å²) in [5.41, 5.74) is 2.45. The summed E-state index contributed by atoms with van der Waals surface area (Å²) in [6, 6.07) is 12.3. The van der Waals surface area contributed by atoms with Crippen molar-refractivity contribution in [3.63, 3.8) is 0 Å². The van der Waals surface area contributed by atoms with E-state index in [0.717, 1.165) is 21.8 Å². The van der Waals surface area contributed by atoms with Crippen LogP contribution in [0, 0.1) is 0 Å². The van der Waals surface area contributed by atoms with Gasteiger partial charge in [0, 0.05) is 24.4 Å². The molecular formula is C15H14BrNOS. The number of benzene rings is 1. The lowest BCUT2D eigenvalue weighted by Gasteiger charge is -2.25. The highest BCUT2D eigenvalue weighted by molar-refractivity contribution is 9.11. The number of fused-ring (bicyclic) bond motifs is 1. The minimum Gasteiger partial charge on any atom is -0.312 e. The molecule has 1 atom stereocenters. The molecule has 0 amide bonds. The number of carbonyl (C=O) groups is 1. The van der Waals surface area contributed by atoms with Gasteiger partial charge in [0.2, 0.25) is 0 Å². The fourth-order valence-electron chi connectivity index (χ4n) is 2.53. The van der Waals surface area contributed by atoms with Gasteiger partial charge in [-0.3, -0.25) is 4.79 Å². The molecule has 0 fully saturated rings. The molecule has 0 radical (unpaired) electrons. The van der Waals surface area contributed by atoms with Gasteiger partial charge in [0.05, 0.1) is 9.70 Å². The van der Waals surface area contributed by atoms with Crippen molar-refractivity contribution >= 4 is 33.0 Å². The highest BCUT2D eigenvalue weighted by Gasteiger charge is 2.26. The van der Waals surface area contributed by atoms with Crippen LogP contribution in [0.5, 0.6) is 0 Å². The van der Waals surface area contributed by atoms with Crippen molar-refractivity contribution in [3.8, 4) is 0 Å². The van der Waals surface area contributed by atoms with Crippen molar-refractivity contribution in [1.29, 1.82) is 0 Å². The highest BCUT2D eigenvalue weighted by atomic mass is 79.9. The predicted octanol–water partition coefficient (Wildman–Crippen LogP) is 3.51. The van der Waals surface area contributed by atoms with Crippen molar-refractivity contribution < 1.29 is 4.79 Å². The Bertz CT molecular complexity index is 608. The zero-order valence-corrected chi connectivity index (χ0v) is 12.8. The first kappa shape index (κ1) is 13.0. The number of rotatable bonds is 3. The molecule has 4 heteroatoms. The summed E-state index contributed by atoms with van der Waals surface area (Å²) in [7, 11) is 0. The maximum atomic E-state index is 12.5. The summed E-state index contributed by atoms with van der Waals surface area (Å²) in [5, 5.41) is 3.34. The first-order valence-electron chi connectivity index (χ1n) is 6.29. The molecule has 98 valence electrons. The van der Waals surface area contributed by atoms with Crippen molar-refractivity contribution in [3.05, 3.63) is 56.2 Å². The maximum absolute atomic E-state index is 12.5. The van der Waals surface area contributed by atoms with Gasteiger partial charge in [-0.15, -0.1) is 11.3 Å². The highest BCUT2D eigenvalue weighted by Crippen LogP contribution is 2.28. The van der Waals surface area contributed by atoms with Gasteiger partial charge < -0.3 is 5.32 Å². The molecule has 2 aromatic rings. The van der Waals surface area contributed by atoms with Crippen LogP contribution in [0.3, 0.4) is 0 Å². The van der Waals surface area contributed by atoms with E-state index in [1.165, 1.54) is 11.1 Å². The first-order valence-corrected chi connectivity index (χ1v) is 7.90. The molecular weight excluding hydrogens is 322 g/mol. The van der Waals surface area contributed by atoms with Gasteiger partial charge in [0.25, 0.3) is 0 Å². The molecule has 19 heavy (non-hydrogen) atoms. The van der Waals surface area contributed by atoms with Crippen LogP contribution in [0.15, 0.2) is 40.2 Å². The van der Waals surface area contributed by atoms with Crippen LogP contribution in [0.25, 0.3) is 0 Å². The van der Waals surface area contributed by atoms with E-state index in [2.05, 4.69) is 33.4 Å². The molecule has 0 spiro atoms. The molecule has 1 aromatic carbocycles. The third-order valence-corrected chi connectivity index (χ3v) is 5.08. The van der Waals surface area contributed by atoms with E-state index >= 15 is 0 Å². The van der Waals surface area contributed by atoms with E-state index in [0.29, 0.717) is 12.2 Å². The van der Waals surface area contributed by atoms with E-state index in [9.17, 15) is 4.79 Å². The van der Waals surface area contributed by atoms with Crippen LogP contribution in [0.2, 0.25) is 0 Å². The summed E-state index contributed by atoms with van der Waals surface area (Å²) in [6.45, 7) is 1.62. The Labute approximate surface area is 125 Å². The molecule has 0 saturated carbocycles. The van der Waals surface area contributed by atoms with E-state index in [-0.39, 0.29) is 5.92 Å². The number of hydrogen-bond acceptors (Lipinski definition) is 3. The van der Waals surface area contributed by atoms with Crippen LogP contribution < -0.4 is 5.32 Å². The smallest absolute Gasteiger partial charge is 0.146 e. The summed E-state index contributed by atoms with van der Waals surface area (Å²) < 4.78 is 1.08. The second-order valence-corrected chi connectivity index (χ2v) is 7.28. The second kappa shape index (κ2) is 5.57. The zero-order valence-electron chi connectivity index (χ0n) is 10.4. The number of nitrogens with one attached hydrogen (secondary N) is 1. The number of thiophene rings is 1. The molecule has 1 aromatic heterocycles. The Morgan fingerprint density at radius 3 is 2.95 bits per heavy atom. The van der Waals surface area contributed by atoms with E-state index in [1.54, 1.807) is 11.3 Å². The Morgan fingerprint density at radius 2 is 2.16 bits per heavy atom. The van der Waals surface area contributed by atoms with Crippen molar-refractivity contribution in [2.45, 2.75) is 18.9 Å². The topological polar surface area (TPSA) is 29.1 Å². The fraction of sp³-hybridized carbons (Fsp3) is 0.267. The molecule has 1 unspecified atom stereocenters. The average Bonchev–Trinajstić information content (AvgIpc) is 2.83. The lowest BCUT2D eigenvalue weighted by molar-refractivity contribution is -0.119. The number of carbonyl (C=O) groups excluding carboxylic acids is 1. The van der Waals surface area contributed by atoms with Gasteiger partial charge in [-0.1, -0.05) is 24.3 Å².